The third-order valence-corrected chi connectivity index (χ3v) is 3.55. The van der Waals surface area contributed by atoms with Crippen molar-refractivity contribution in [1.82, 2.24) is 4.90 Å². The minimum atomic E-state index is -0.189. The highest BCUT2D eigenvalue weighted by Gasteiger charge is 2.43. The predicted molar refractivity (Wildman–Crippen MR) is 66.2 cm³/mol. The molecule has 1 fully saturated rings. The van der Waals surface area contributed by atoms with Crippen LogP contribution in [0.4, 0.5) is 0 Å². The first-order chi connectivity index (χ1) is 7.61. The zero-order valence-corrected chi connectivity index (χ0v) is 10.3. The van der Waals surface area contributed by atoms with Crippen LogP contribution in [0.25, 0.3) is 0 Å². The molecule has 1 saturated heterocycles. The summed E-state index contributed by atoms with van der Waals surface area (Å²) in [7, 11) is 0. The van der Waals surface area contributed by atoms with Crippen molar-refractivity contribution in [3.05, 3.63) is 35.9 Å². The van der Waals surface area contributed by atoms with Gasteiger partial charge in [0.1, 0.15) is 0 Å². The molecule has 2 rings (SSSR count). The van der Waals surface area contributed by atoms with E-state index in [4.69, 9.17) is 0 Å². The minimum Gasteiger partial charge on any atom is -0.391 e. The molecule has 0 bridgehead atoms. The lowest BCUT2D eigenvalue weighted by molar-refractivity contribution is 0.104. The zero-order valence-electron chi connectivity index (χ0n) is 10.3. The van der Waals surface area contributed by atoms with Crippen molar-refractivity contribution in [2.75, 3.05) is 6.54 Å². The Morgan fingerprint density at radius 1 is 1.19 bits per heavy atom. The molecule has 1 aliphatic rings. The second-order valence-corrected chi connectivity index (χ2v) is 5.09. The Kier molecular flexibility index (Phi) is 3.31. The summed E-state index contributed by atoms with van der Waals surface area (Å²) in [5.74, 6) is 0.345. The molecule has 0 radical (unpaired) electrons. The summed E-state index contributed by atoms with van der Waals surface area (Å²) in [4.78, 5) is 2.36. The lowest BCUT2D eigenvalue weighted by Gasteiger charge is -2.18. The van der Waals surface area contributed by atoms with E-state index in [9.17, 15) is 5.11 Å². The Bertz CT molecular complexity index is 336. The molecule has 0 amide bonds. The average molecular weight is 219 g/mol. The summed E-state index contributed by atoms with van der Waals surface area (Å²) in [5.41, 5.74) is 1.33. The summed E-state index contributed by atoms with van der Waals surface area (Å²) in [5, 5.41) is 9.99. The van der Waals surface area contributed by atoms with Gasteiger partial charge in [0.05, 0.1) is 6.10 Å². The number of benzene rings is 1. The smallest absolute Gasteiger partial charge is 0.0730 e. The van der Waals surface area contributed by atoms with E-state index in [2.05, 4.69) is 49.9 Å². The van der Waals surface area contributed by atoms with Gasteiger partial charge in [-0.1, -0.05) is 44.2 Å². The summed E-state index contributed by atoms with van der Waals surface area (Å²) in [6, 6.07) is 11.3. The summed E-state index contributed by atoms with van der Waals surface area (Å²) < 4.78 is 0. The standard InChI is InChI=1S/C14H21NO/c1-10(2)14(16)13-9-15(13)11(3)12-7-5-4-6-8-12/h4-8,10-11,13-14,16H,9H2,1-3H3/t11-,13+,14-,15?/m1/s1. The second kappa shape index (κ2) is 4.56. The Morgan fingerprint density at radius 3 is 2.38 bits per heavy atom. The first-order valence-corrected chi connectivity index (χ1v) is 6.10. The van der Waals surface area contributed by atoms with Gasteiger partial charge in [-0.2, -0.15) is 0 Å². The SMILES string of the molecule is CC(C)[C@@H](O)[C@@H]1CN1[C@H](C)c1ccccc1. The Balaban J connectivity index is 1.97. The maximum atomic E-state index is 9.99. The molecular formula is C14H21NO. The Labute approximate surface area is 97.9 Å². The molecule has 1 aliphatic heterocycles. The molecule has 0 aromatic heterocycles. The zero-order chi connectivity index (χ0) is 11.7. The van der Waals surface area contributed by atoms with Gasteiger partial charge in [-0.25, -0.2) is 0 Å². The van der Waals surface area contributed by atoms with Crippen LogP contribution >= 0.6 is 0 Å². The quantitative estimate of drug-likeness (QED) is 0.786. The van der Waals surface area contributed by atoms with E-state index in [-0.39, 0.29) is 6.10 Å². The van der Waals surface area contributed by atoms with Gasteiger partial charge in [0, 0.05) is 18.6 Å². The van der Waals surface area contributed by atoms with Crippen LogP contribution in [0.2, 0.25) is 0 Å². The molecule has 1 heterocycles. The summed E-state index contributed by atoms with van der Waals surface area (Å²) in [6.45, 7) is 7.39. The van der Waals surface area contributed by atoms with Gasteiger partial charge in [-0.05, 0) is 18.4 Å². The van der Waals surface area contributed by atoms with E-state index in [0.717, 1.165) is 6.54 Å². The van der Waals surface area contributed by atoms with Crippen molar-refractivity contribution in [2.45, 2.75) is 39.0 Å². The van der Waals surface area contributed by atoms with Gasteiger partial charge in [-0.3, -0.25) is 4.90 Å². The molecule has 1 N–H and O–H groups in total. The van der Waals surface area contributed by atoms with Crippen molar-refractivity contribution in [2.24, 2.45) is 5.92 Å². The maximum absolute atomic E-state index is 9.99. The molecule has 1 aromatic rings. The van der Waals surface area contributed by atoms with E-state index in [1.165, 1.54) is 5.56 Å². The van der Waals surface area contributed by atoms with E-state index in [0.29, 0.717) is 18.0 Å². The first kappa shape index (κ1) is 11.6. The van der Waals surface area contributed by atoms with E-state index < -0.39 is 0 Å². The molecule has 1 aromatic carbocycles. The Hall–Kier alpha value is -0.860. The fourth-order valence-corrected chi connectivity index (χ4v) is 2.29. The van der Waals surface area contributed by atoms with Crippen molar-refractivity contribution < 1.29 is 5.11 Å². The minimum absolute atomic E-state index is 0.189. The van der Waals surface area contributed by atoms with Gasteiger partial charge in [0.15, 0.2) is 0 Å². The van der Waals surface area contributed by atoms with E-state index in [1.807, 2.05) is 6.07 Å². The maximum Gasteiger partial charge on any atom is 0.0730 e. The summed E-state index contributed by atoms with van der Waals surface area (Å²) >= 11 is 0. The molecule has 16 heavy (non-hydrogen) atoms. The fourth-order valence-electron chi connectivity index (χ4n) is 2.29. The highest BCUT2D eigenvalue weighted by Crippen LogP contribution is 2.35. The lowest BCUT2D eigenvalue weighted by atomic mass is 10.0. The molecule has 2 heteroatoms. The van der Waals surface area contributed by atoms with Crippen molar-refractivity contribution in [1.29, 1.82) is 0 Å². The van der Waals surface area contributed by atoms with Crippen LogP contribution in [0.5, 0.6) is 0 Å². The van der Waals surface area contributed by atoms with E-state index in [1.54, 1.807) is 0 Å². The van der Waals surface area contributed by atoms with Gasteiger partial charge in [0.25, 0.3) is 0 Å². The van der Waals surface area contributed by atoms with Crippen LogP contribution in [0, 0.1) is 5.92 Å². The number of hydrogen-bond acceptors (Lipinski definition) is 2. The molecule has 0 aliphatic carbocycles. The van der Waals surface area contributed by atoms with Crippen LogP contribution in [0.15, 0.2) is 30.3 Å². The van der Waals surface area contributed by atoms with Crippen LogP contribution in [-0.2, 0) is 0 Å². The number of nitrogens with zero attached hydrogens (tertiary/aromatic N) is 1. The average Bonchev–Trinajstić information content (AvgIpc) is 3.08. The number of aliphatic hydroxyl groups excluding tert-OH is 1. The molecule has 1 unspecified atom stereocenters. The Morgan fingerprint density at radius 2 is 1.81 bits per heavy atom. The highest BCUT2D eigenvalue weighted by molar-refractivity contribution is 5.20. The van der Waals surface area contributed by atoms with Crippen molar-refractivity contribution >= 4 is 0 Å². The molecule has 0 spiro atoms. The number of hydrogen-bond donors (Lipinski definition) is 1. The van der Waals surface area contributed by atoms with Crippen LogP contribution in [-0.4, -0.2) is 28.7 Å². The van der Waals surface area contributed by atoms with Crippen molar-refractivity contribution in [3.8, 4) is 0 Å². The van der Waals surface area contributed by atoms with Gasteiger partial charge >= 0.3 is 0 Å². The molecule has 2 nitrogen and oxygen atoms in total. The number of rotatable bonds is 4. The molecule has 0 saturated carbocycles. The van der Waals surface area contributed by atoms with Gasteiger partial charge in [-0.15, -0.1) is 0 Å². The third kappa shape index (κ3) is 2.28. The van der Waals surface area contributed by atoms with Gasteiger partial charge < -0.3 is 5.11 Å². The van der Waals surface area contributed by atoms with Crippen LogP contribution in [0.3, 0.4) is 0 Å². The van der Waals surface area contributed by atoms with Gasteiger partial charge in [0.2, 0.25) is 0 Å². The fraction of sp³-hybridized carbons (Fsp3) is 0.571. The van der Waals surface area contributed by atoms with Crippen molar-refractivity contribution in [3.63, 3.8) is 0 Å². The highest BCUT2D eigenvalue weighted by atomic mass is 16.3. The lowest BCUT2D eigenvalue weighted by Crippen LogP contribution is -2.25. The monoisotopic (exact) mass is 219 g/mol. The number of aliphatic hydroxyl groups is 1. The molecular weight excluding hydrogens is 198 g/mol. The second-order valence-electron chi connectivity index (χ2n) is 5.09. The molecule has 4 atom stereocenters. The van der Waals surface area contributed by atoms with Crippen LogP contribution < -0.4 is 0 Å². The predicted octanol–water partition coefficient (Wildman–Crippen LogP) is 2.45. The summed E-state index contributed by atoms with van der Waals surface area (Å²) in [6.07, 6.45) is -0.189. The third-order valence-electron chi connectivity index (χ3n) is 3.55. The van der Waals surface area contributed by atoms with E-state index >= 15 is 0 Å². The topological polar surface area (TPSA) is 23.2 Å². The van der Waals surface area contributed by atoms with Crippen LogP contribution in [0.1, 0.15) is 32.4 Å². The molecule has 88 valence electrons. The normalized spacial score (nSPS) is 27.8. The first-order valence-electron chi connectivity index (χ1n) is 6.10. The largest absolute Gasteiger partial charge is 0.391 e.